The summed E-state index contributed by atoms with van der Waals surface area (Å²) in [6.07, 6.45) is 2.15. The Kier molecular flexibility index (Phi) is 6.34. The predicted octanol–water partition coefficient (Wildman–Crippen LogP) is 3.34. The minimum atomic E-state index is -3.42. The van der Waals surface area contributed by atoms with E-state index in [4.69, 9.17) is 0 Å². The van der Waals surface area contributed by atoms with Crippen LogP contribution in [0.15, 0.2) is 40.6 Å². The average Bonchev–Trinajstić information content (AvgIpc) is 3.12. The van der Waals surface area contributed by atoms with Gasteiger partial charge in [-0.1, -0.05) is 31.2 Å². The fraction of sp³-hybridized carbons (Fsp3) is 0.450. The van der Waals surface area contributed by atoms with Crippen molar-refractivity contribution in [2.75, 3.05) is 13.1 Å². The summed E-state index contributed by atoms with van der Waals surface area (Å²) in [6, 6.07) is 11.3. The lowest BCUT2D eigenvalue weighted by atomic mass is 10.0. The molecule has 146 valence electrons. The second kappa shape index (κ2) is 8.54. The van der Waals surface area contributed by atoms with Crippen molar-refractivity contribution in [3.8, 4) is 0 Å². The number of rotatable bonds is 6. The Balaban J connectivity index is 1.58. The van der Waals surface area contributed by atoms with Crippen LogP contribution in [0.2, 0.25) is 0 Å². The Bertz CT molecular complexity index is 897. The number of nitrogens with zero attached hydrogens (tertiary/aromatic N) is 1. The number of piperidine rings is 1. The standard InChI is InChI=1S/C20H26N2O3S2/c1-15-9-11-22(12-10-15)27(24,25)20-8-7-18(26-20)14-21-19(23)13-17-6-4-3-5-16(17)2/h3-8,15H,9-14H2,1-2H3,(H,21,23). The molecule has 5 nitrogen and oxygen atoms in total. The second-order valence-corrected chi connectivity index (χ2v) is 10.5. The van der Waals surface area contributed by atoms with Crippen LogP contribution in [0.3, 0.4) is 0 Å². The third-order valence-corrected chi connectivity index (χ3v) is 8.50. The minimum Gasteiger partial charge on any atom is -0.351 e. The zero-order chi connectivity index (χ0) is 19.4. The minimum absolute atomic E-state index is 0.0628. The average molecular weight is 407 g/mol. The van der Waals surface area contributed by atoms with E-state index >= 15 is 0 Å². The Morgan fingerprint density at radius 3 is 2.59 bits per heavy atom. The van der Waals surface area contributed by atoms with Crippen LogP contribution in [0.1, 0.15) is 35.8 Å². The fourth-order valence-electron chi connectivity index (χ4n) is 3.17. The van der Waals surface area contributed by atoms with Crippen molar-refractivity contribution in [1.29, 1.82) is 0 Å². The maximum Gasteiger partial charge on any atom is 0.252 e. The first-order valence-electron chi connectivity index (χ1n) is 9.26. The summed E-state index contributed by atoms with van der Waals surface area (Å²) in [6.45, 7) is 5.67. The molecule has 27 heavy (non-hydrogen) atoms. The molecule has 1 saturated heterocycles. The molecule has 1 aromatic carbocycles. The number of carbonyl (C=O) groups is 1. The zero-order valence-electron chi connectivity index (χ0n) is 15.8. The summed E-state index contributed by atoms with van der Waals surface area (Å²) in [5.41, 5.74) is 2.09. The largest absolute Gasteiger partial charge is 0.351 e. The van der Waals surface area contributed by atoms with Crippen molar-refractivity contribution in [1.82, 2.24) is 9.62 Å². The summed E-state index contributed by atoms with van der Waals surface area (Å²) in [7, 11) is -3.42. The van der Waals surface area contributed by atoms with Crippen LogP contribution >= 0.6 is 11.3 Å². The Morgan fingerprint density at radius 2 is 1.89 bits per heavy atom. The number of hydrogen-bond donors (Lipinski definition) is 1. The first kappa shape index (κ1) is 20.0. The Morgan fingerprint density at radius 1 is 1.19 bits per heavy atom. The monoisotopic (exact) mass is 406 g/mol. The van der Waals surface area contributed by atoms with Crippen LogP contribution in [-0.2, 0) is 27.8 Å². The van der Waals surface area contributed by atoms with E-state index in [-0.39, 0.29) is 5.91 Å². The lowest BCUT2D eigenvalue weighted by Gasteiger charge is -2.28. The number of hydrogen-bond acceptors (Lipinski definition) is 4. The van der Waals surface area contributed by atoms with Crippen LogP contribution in [0.25, 0.3) is 0 Å². The summed E-state index contributed by atoms with van der Waals surface area (Å²) in [5.74, 6) is 0.519. The van der Waals surface area contributed by atoms with Gasteiger partial charge in [0.1, 0.15) is 4.21 Å². The maximum atomic E-state index is 12.8. The Labute approximate surface area is 165 Å². The number of benzene rings is 1. The summed E-state index contributed by atoms with van der Waals surface area (Å²) < 4.78 is 27.5. The van der Waals surface area contributed by atoms with Crippen LogP contribution in [-0.4, -0.2) is 31.7 Å². The van der Waals surface area contributed by atoms with Gasteiger partial charge in [-0.3, -0.25) is 4.79 Å². The van der Waals surface area contributed by atoms with Gasteiger partial charge in [-0.2, -0.15) is 4.31 Å². The smallest absolute Gasteiger partial charge is 0.252 e. The molecule has 1 amide bonds. The van der Waals surface area contributed by atoms with Gasteiger partial charge in [0.2, 0.25) is 5.91 Å². The molecule has 1 aromatic heterocycles. The number of nitrogens with one attached hydrogen (secondary N) is 1. The van der Waals surface area contributed by atoms with Crippen molar-refractivity contribution in [2.45, 2.75) is 43.9 Å². The van der Waals surface area contributed by atoms with E-state index in [1.165, 1.54) is 11.3 Å². The first-order chi connectivity index (χ1) is 12.9. The van der Waals surface area contributed by atoms with Crippen LogP contribution in [0.5, 0.6) is 0 Å². The molecule has 7 heteroatoms. The first-order valence-corrected chi connectivity index (χ1v) is 11.5. The van der Waals surface area contributed by atoms with E-state index in [2.05, 4.69) is 12.2 Å². The number of amides is 1. The molecule has 0 aliphatic carbocycles. The topological polar surface area (TPSA) is 66.5 Å². The van der Waals surface area contributed by atoms with Crippen molar-refractivity contribution in [2.24, 2.45) is 5.92 Å². The SMILES string of the molecule is Cc1ccccc1CC(=O)NCc1ccc(S(=O)(=O)N2CCC(C)CC2)s1. The number of sulfonamides is 1. The van der Waals surface area contributed by atoms with Gasteiger partial charge in [-0.25, -0.2) is 8.42 Å². The van der Waals surface area contributed by atoms with Crippen LogP contribution < -0.4 is 5.32 Å². The molecule has 2 aromatic rings. The van der Waals surface area contributed by atoms with Gasteiger partial charge in [0.15, 0.2) is 0 Å². The normalized spacial score (nSPS) is 16.4. The molecule has 3 rings (SSSR count). The molecule has 1 fully saturated rings. The molecule has 1 N–H and O–H groups in total. The van der Waals surface area contributed by atoms with E-state index in [0.717, 1.165) is 28.8 Å². The van der Waals surface area contributed by atoms with Crippen molar-refractivity contribution in [3.05, 3.63) is 52.4 Å². The lowest BCUT2D eigenvalue weighted by molar-refractivity contribution is -0.120. The predicted molar refractivity (Wildman–Crippen MR) is 108 cm³/mol. The van der Waals surface area contributed by atoms with Crippen molar-refractivity contribution >= 4 is 27.3 Å². The van der Waals surface area contributed by atoms with E-state index < -0.39 is 10.0 Å². The summed E-state index contributed by atoms with van der Waals surface area (Å²) in [5, 5.41) is 2.89. The molecule has 2 heterocycles. The highest BCUT2D eigenvalue weighted by atomic mass is 32.2. The third kappa shape index (κ3) is 4.97. The van der Waals surface area contributed by atoms with Crippen molar-refractivity contribution in [3.63, 3.8) is 0 Å². The molecule has 0 radical (unpaired) electrons. The quantitative estimate of drug-likeness (QED) is 0.800. The van der Waals surface area contributed by atoms with E-state index in [1.54, 1.807) is 16.4 Å². The van der Waals surface area contributed by atoms with Gasteiger partial charge in [-0.15, -0.1) is 11.3 Å². The maximum absolute atomic E-state index is 12.8. The number of carbonyl (C=O) groups excluding carboxylic acids is 1. The summed E-state index contributed by atoms with van der Waals surface area (Å²) in [4.78, 5) is 13.0. The highest BCUT2D eigenvalue weighted by Crippen LogP contribution is 2.28. The molecule has 1 aliphatic heterocycles. The lowest BCUT2D eigenvalue weighted by Crippen LogP contribution is -2.37. The van der Waals surface area contributed by atoms with Crippen molar-refractivity contribution < 1.29 is 13.2 Å². The second-order valence-electron chi connectivity index (χ2n) is 7.19. The third-order valence-electron chi connectivity index (χ3n) is 5.05. The zero-order valence-corrected chi connectivity index (χ0v) is 17.4. The fourth-order valence-corrected chi connectivity index (χ4v) is 6.09. The highest BCUT2D eigenvalue weighted by molar-refractivity contribution is 7.91. The van der Waals surface area contributed by atoms with Gasteiger partial charge in [0, 0.05) is 18.0 Å². The van der Waals surface area contributed by atoms with Gasteiger partial charge >= 0.3 is 0 Å². The number of aryl methyl sites for hydroxylation is 1. The van der Waals surface area contributed by atoms with E-state index in [0.29, 0.717) is 36.2 Å². The van der Waals surface area contributed by atoms with E-state index in [1.807, 2.05) is 31.2 Å². The van der Waals surface area contributed by atoms with Gasteiger partial charge in [0.25, 0.3) is 10.0 Å². The van der Waals surface area contributed by atoms with Crippen LogP contribution in [0.4, 0.5) is 0 Å². The molecular weight excluding hydrogens is 380 g/mol. The molecule has 0 atom stereocenters. The molecule has 1 aliphatic rings. The van der Waals surface area contributed by atoms with Gasteiger partial charge in [0.05, 0.1) is 13.0 Å². The number of thiophene rings is 1. The van der Waals surface area contributed by atoms with Gasteiger partial charge < -0.3 is 5.32 Å². The summed E-state index contributed by atoms with van der Waals surface area (Å²) >= 11 is 1.24. The Hall–Kier alpha value is -1.70. The van der Waals surface area contributed by atoms with Crippen LogP contribution in [0, 0.1) is 12.8 Å². The molecule has 0 bridgehead atoms. The molecule has 0 spiro atoms. The van der Waals surface area contributed by atoms with Gasteiger partial charge in [-0.05, 0) is 48.9 Å². The molecular formula is C20H26N2O3S2. The van der Waals surface area contributed by atoms with E-state index in [9.17, 15) is 13.2 Å². The highest BCUT2D eigenvalue weighted by Gasteiger charge is 2.29. The molecule has 0 unspecified atom stereocenters. The molecule has 0 saturated carbocycles.